The summed E-state index contributed by atoms with van der Waals surface area (Å²) < 4.78 is 20.6. The number of nitrogens with one attached hydrogen (secondary N) is 1. The topological polar surface area (TPSA) is 82.3 Å². The lowest BCUT2D eigenvalue weighted by molar-refractivity contribution is 0.0948. The molecule has 0 aliphatic carbocycles. The van der Waals surface area contributed by atoms with E-state index in [1.54, 1.807) is 36.4 Å². The van der Waals surface area contributed by atoms with E-state index in [0.717, 1.165) is 11.0 Å². The van der Waals surface area contributed by atoms with Crippen molar-refractivity contribution in [3.63, 3.8) is 0 Å². The van der Waals surface area contributed by atoms with Gasteiger partial charge in [-0.15, -0.1) is 0 Å². The van der Waals surface area contributed by atoms with E-state index >= 15 is 0 Å². The van der Waals surface area contributed by atoms with Crippen LogP contribution in [0.1, 0.15) is 35.7 Å². The smallest absolute Gasteiger partial charge is 0.335 e. The van der Waals surface area contributed by atoms with Gasteiger partial charge in [-0.05, 0) is 36.2 Å². The van der Waals surface area contributed by atoms with Gasteiger partial charge in [-0.25, -0.2) is 13.8 Å². The van der Waals surface area contributed by atoms with E-state index in [4.69, 9.17) is 4.74 Å². The molecule has 162 valence electrons. The number of benzene rings is 2. The molecule has 1 amide bonds. The number of carbonyl (C=O) groups excluding carboxylic acids is 1. The first kappa shape index (κ1) is 22.0. The van der Waals surface area contributed by atoms with Crippen molar-refractivity contribution in [1.82, 2.24) is 14.5 Å². The minimum atomic E-state index is -0.720. The largest absolute Gasteiger partial charge is 0.497 e. The van der Waals surface area contributed by atoms with Gasteiger partial charge in [0, 0.05) is 25.4 Å². The number of hydrogen-bond donors (Lipinski definition) is 1. The molecule has 7 nitrogen and oxygen atoms in total. The van der Waals surface area contributed by atoms with E-state index in [-0.39, 0.29) is 17.9 Å². The third kappa shape index (κ3) is 5.09. The Bertz CT molecular complexity index is 1180. The Kier molecular flexibility index (Phi) is 7.02. The molecule has 2 aromatic carbocycles. The van der Waals surface area contributed by atoms with Gasteiger partial charge in [-0.2, -0.15) is 0 Å². The SMILES string of the molecule is CCCCn1cc(C(=O)NCc2ccc(F)cc2)c(=O)n(-c2cccc(OC)c2)c1=O. The summed E-state index contributed by atoms with van der Waals surface area (Å²) >= 11 is 0. The van der Waals surface area contributed by atoms with Gasteiger partial charge >= 0.3 is 5.69 Å². The molecule has 0 aliphatic rings. The summed E-state index contributed by atoms with van der Waals surface area (Å²) in [6, 6.07) is 12.2. The first-order chi connectivity index (χ1) is 14.9. The van der Waals surface area contributed by atoms with Gasteiger partial charge in [0.1, 0.15) is 17.1 Å². The summed E-state index contributed by atoms with van der Waals surface area (Å²) in [5.74, 6) is -0.509. The number of unbranched alkanes of at least 4 members (excludes halogenated alkanes) is 1. The maximum Gasteiger partial charge on any atom is 0.335 e. The van der Waals surface area contributed by atoms with Gasteiger partial charge in [0.05, 0.1) is 12.8 Å². The molecule has 0 fully saturated rings. The van der Waals surface area contributed by atoms with Crippen LogP contribution >= 0.6 is 0 Å². The zero-order valence-corrected chi connectivity index (χ0v) is 17.4. The zero-order chi connectivity index (χ0) is 22.4. The quantitative estimate of drug-likeness (QED) is 0.602. The van der Waals surface area contributed by atoms with Crippen molar-refractivity contribution in [1.29, 1.82) is 0 Å². The van der Waals surface area contributed by atoms with Crippen LogP contribution in [0.15, 0.2) is 64.3 Å². The lowest BCUT2D eigenvalue weighted by Crippen LogP contribution is -2.43. The molecule has 31 heavy (non-hydrogen) atoms. The predicted molar refractivity (Wildman–Crippen MR) is 115 cm³/mol. The van der Waals surface area contributed by atoms with Crippen molar-refractivity contribution >= 4 is 5.91 Å². The molecular weight excluding hydrogens is 401 g/mol. The number of amides is 1. The molecule has 0 aliphatic heterocycles. The Morgan fingerprint density at radius 3 is 2.55 bits per heavy atom. The highest BCUT2D eigenvalue weighted by Gasteiger charge is 2.18. The van der Waals surface area contributed by atoms with Crippen molar-refractivity contribution in [2.45, 2.75) is 32.9 Å². The van der Waals surface area contributed by atoms with Gasteiger partial charge in [-0.1, -0.05) is 31.5 Å². The molecule has 0 atom stereocenters. The molecule has 0 saturated heterocycles. The Morgan fingerprint density at radius 2 is 1.87 bits per heavy atom. The molecule has 0 spiro atoms. The van der Waals surface area contributed by atoms with Gasteiger partial charge in [0.25, 0.3) is 11.5 Å². The Hall–Kier alpha value is -3.68. The molecule has 8 heteroatoms. The lowest BCUT2D eigenvalue weighted by atomic mass is 10.2. The van der Waals surface area contributed by atoms with Crippen LogP contribution in [0.25, 0.3) is 5.69 Å². The van der Waals surface area contributed by atoms with Crippen molar-refractivity contribution < 1.29 is 13.9 Å². The third-order valence-corrected chi connectivity index (χ3v) is 4.83. The minimum Gasteiger partial charge on any atom is -0.497 e. The van der Waals surface area contributed by atoms with Crippen molar-refractivity contribution in [2.75, 3.05) is 7.11 Å². The number of hydrogen-bond acceptors (Lipinski definition) is 4. The molecule has 0 saturated carbocycles. The fourth-order valence-electron chi connectivity index (χ4n) is 3.10. The highest BCUT2D eigenvalue weighted by atomic mass is 19.1. The molecule has 3 aromatic rings. The fraction of sp³-hybridized carbons (Fsp3) is 0.261. The van der Waals surface area contributed by atoms with Gasteiger partial charge in [0.2, 0.25) is 0 Å². The standard InChI is InChI=1S/C23H24FN3O4/c1-3-4-12-26-15-20(21(28)25-14-16-8-10-17(24)11-9-16)22(29)27(23(26)30)18-6-5-7-19(13-18)31-2/h5-11,13,15H,3-4,12,14H2,1-2H3,(H,25,28). The van der Waals surface area contributed by atoms with Crippen molar-refractivity contribution in [3.05, 3.63) is 92.5 Å². The molecule has 1 N–H and O–H groups in total. The second-order valence-corrected chi connectivity index (χ2v) is 7.02. The fourth-order valence-corrected chi connectivity index (χ4v) is 3.10. The summed E-state index contributed by atoms with van der Waals surface area (Å²) in [5.41, 5.74) is -0.403. The van der Waals surface area contributed by atoms with Crippen LogP contribution in [-0.4, -0.2) is 22.2 Å². The Morgan fingerprint density at radius 1 is 1.13 bits per heavy atom. The second kappa shape index (κ2) is 9.88. The van der Waals surface area contributed by atoms with E-state index in [0.29, 0.717) is 30.0 Å². The predicted octanol–water partition coefficient (Wildman–Crippen LogP) is 2.88. The highest BCUT2D eigenvalue weighted by Crippen LogP contribution is 2.14. The lowest BCUT2D eigenvalue weighted by Gasteiger charge is -2.14. The molecular formula is C23H24FN3O4. The Balaban J connectivity index is 2.02. The summed E-state index contributed by atoms with van der Waals surface area (Å²) in [6.45, 7) is 2.48. The van der Waals surface area contributed by atoms with E-state index in [9.17, 15) is 18.8 Å². The monoisotopic (exact) mass is 425 g/mol. The van der Waals surface area contributed by atoms with Crippen LogP contribution < -0.4 is 21.3 Å². The zero-order valence-electron chi connectivity index (χ0n) is 17.4. The molecule has 3 rings (SSSR count). The van der Waals surface area contributed by atoms with E-state index < -0.39 is 17.2 Å². The van der Waals surface area contributed by atoms with Gasteiger partial charge < -0.3 is 10.1 Å². The van der Waals surface area contributed by atoms with Gasteiger partial charge in [0.15, 0.2) is 0 Å². The van der Waals surface area contributed by atoms with E-state index in [2.05, 4.69) is 5.32 Å². The summed E-state index contributed by atoms with van der Waals surface area (Å²) in [6.07, 6.45) is 2.86. The number of nitrogens with zero attached hydrogens (tertiary/aromatic N) is 2. The van der Waals surface area contributed by atoms with Crippen molar-refractivity contribution in [3.8, 4) is 11.4 Å². The molecule has 0 radical (unpaired) electrons. The molecule has 1 aromatic heterocycles. The third-order valence-electron chi connectivity index (χ3n) is 4.83. The average molecular weight is 425 g/mol. The number of carbonyl (C=O) groups is 1. The normalized spacial score (nSPS) is 10.7. The van der Waals surface area contributed by atoms with Crippen LogP contribution in [0.4, 0.5) is 4.39 Å². The molecule has 0 unspecified atom stereocenters. The Labute approximate surface area is 178 Å². The number of methoxy groups -OCH3 is 1. The number of ether oxygens (including phenoxy) is 1. The number of aromatic nitrogens is 2. The molecule has 1 heterocycles. The van der Waals surface area contributed by atoms with Crippen LogP contribution in [0.2, 0.25) is 0 Å². The summed E-state index contributed by atoms with van der Waals surface area (Å²) in [7, 11) is 1.49. The van der Waals surface area contributed by atoms with E-state index in [1.165, 1.54) is 30.0 Å². The van der Waals surface area contributed by atoms with Crippen LogP contribution in [0, 0.1) is 5.82 Å². The number of halogens is 1. The van der Waals surface area contributed by atoms with Gasteiger partial charge in [-0.3, -0.25) is 14.2 Å². The van der Waals surface area contributed by atoms with Crippen LogP contribution in [-0.2, 0) is 13.1 Å². The average Bonchev–Trinajstić information content (AvgIpc) is 2.78. The van der Waals surface area contributed by atoms with Crippen molar-refractivity contribution in [2.24, 2.45) is 0 Å². The number of aryl methyl sites for hydroxylation is 1. The molecule has 0 bridgehead atoms. The summed E-state index contributed by atoms with van der Waals surface area (Å²) in [4.78, 5) is 38.9. The first-order valence-corrected chi connectivity index (χ1v) is 9.98. The van der Waals surface area contributed by atoms with Crippen LogP contribution in [0.5, 0.6) is 5.75 Å². The van der Waals surface area contributed by atoms with Crippen LogP contribution in [0.3, 0.4) is 0 Å². The maximum atomic E-state index is 13.1. The second-order valence-electron chi connectivity index (χ2n) is 7.02. The maximum absolute atomic E-state index is 13.1. The highest BCUT2D eigenvalue weighted by molar-refractivity contribution is 5.93. The first-order valence-electron chi connectivity index (χ1n) is 9.98. The minimum absolute atomic E-state index is 0.117. The summed E-state index contributed by atoms with van der Waals surface area (Å²) in [5, 5.41) is 2.66. The number of rotatable bonds is 8. The van der Waals surface area contributed by atoms with E-state index in [1.807, 2.05) is 6.92 Å².